The van der Waals surface area contributed by atoms with Crippen LogP contribution in [0.4, 0.5) is 5.95 Å². The van der Waals surface area contributed by atoms with Crippen LogP contribution in [0.2, 0.25) is 0 Å². The number of carbonyl (C=O) groups excluding carboxylic acids is 1. The normalized spacial score (nSPS) is 16.5. The summed E-state index contributed by atoms with van der Waals surface area (Å²) >= 11 is 0. The predicted octanol–water partition coefficient (Wildman–Crippen LogP) is 3.66. The average Bonchev–Trinajstić information content (AvgIpc) is 3.25. The lowest BCUT2D eigenvalue weighted by atomic mass is 9.99. The number of fused-ring (bicyclic) bond motifs is 1. The zero-order valence-corrected chi connectivity index (χ0v) is 18.4. The molecule has 2 heterocycles. The quantitative estimate of drug-likeness (QED) is 0.664. The van der Waals surface area contributed by atoms with Crippen LogP contribution in [0.3, 0.4) is 0 Å². The number of aromatic nitrogens is 4. The zero-order chi connectivity index (χ0) is 22.0. The first-order valence-electron chi connectivity index (χ1n) is 10.7. The summed E-state index contributed by atoms with van der Waals surface area (Å²) in [5.41, 5.74) is 5.41. The molecule has 0 radical (unpaired) electrons. The highest BCUT2D eigenvalue weighted by molar-refractivity contribution is 5.89. The Kier molecular flexibility index (Phi) is 5.84. The molecular formula is C24H28N6O. The van der Waals surface area contributed by atoms with Crippen LogP contribution < -0.4 is 10.2 Å². The standard InChI is InChI=1S/C24H28N6O/c1-5-18(4)25-23(31)15-29-21(19-10-6-16(2)7-11-19)14-22(30-24(29)26-27-28-30)20-12-8-17(3)9-13-20/h6-14,18,22H,5,15H2,1-4H3,(H,25,31)/t18-,22+/m1/s1. The van der Waals surface area contributed by atoms with Gasteiger partial charge in [0.25, 0.3) is 5.95 Å². The highest BCUT2D eigenvalue weighted by atomic mass is 16.2. The first-order valence-corrected chi connectivity index (χ1v) is 10.7. The summed E-state index contributed by atoms with van der Waals surface area (Å²) < 4.78 is 1.78. The minimum absolute atomic E-state index is 0.0595. The van der Waals surface area contributed by atoms with Crippen molar-refractivity contribution in [3.63, 3.8) is 0 Å². The number of allylic oxidation sites excluding steroid dienone is 1. The number of carbonyl (C=O) groups is 1. The Bertz CT molecular complexity index is 1080. The molecule has 0 fully saturated rings. The highest BCUT2D eigenvalue weighted by Gasteiger charge is 2.32. The van der Waals surface area contributed by atoms with Gasteiger partial charge in [-0.1, -0.05) is 71.7 Å². The molecule has 1 aromatic heterocycles. The third kappa shape index (κ3) is 4.35. The Hall–Kier alpha value is -3.48. The van der Waals surface area contributed by atoms with Gasteiger partial charge < -0.3 is 5.32 Å². The summed E-state index contributed by atoms with van der Waals surface area (Å²) in [5, 5.41) is 15.5. The van der Waals surface area contributed by atoms with E-state index in [-0.39, 0.29) is 24.5 Å². The Balaban J connectivity index is 1.77. The second-order valence-corrected chi connectivity index (χ2v) is 8.16. The Morgan fingerprint density at radius 1 is 1.06 bits per heavy atom. The van der Waals surface area contributed by atoms with Gasteiger partial charge in [0, 0.05) is 6.04 Å². The van der Waals surface area contributed by atoms with Crippen molar-refractivity contribution in [3.05, 3.63) is 76.9 Å². The summed E-state index contributed by atoms with van der Waals surface area (Å²) in [6.45, 7) is 8.33. The molecule has 1 amide bonds. The van der Waals surface area contributed by atoms with Crippen LogP contribution >= 0.6 is 0 Å². The number of anilines is 1. The smallest absolute Gasteiger partial charge is 0.251 e. The summed E-state index contributed by atoms with van der Waals surface area (Å²) in [5.74, 6) is 0.499. The molecule has 1 aliphatic rings. The van der Waals surface area contributed by atoms with E-state index >= 15 is 0 Å². The molecule has 7 nitrogen and oxygen atoms in total. The van der Waals surface area contributed by atoms with Gasteiger partial charge in [-0.2, -0.15) is 4.68 Å². The van der Waals surface area contributed by atoms with E-state index in [1.807, 2.05) is 11.8 Å². The second-order valence-electron chi connectivity index (χ2n) is 8.16. The van der Waals surface area contributed by atoms with Gasteiger partial charge in [0.15, 0.2) is 0 Å². The molecule has 31 heavy (non-hydrogen) atoms. The van der Waals surface area contributed by atoms with Crippen LogP contribution in [0.15, 0.2) is 54.6 Å². The first kappa shape index (κ1) is 20.8. The molecular weight excluding hydrogens is 388 g/mol. The fourth-order valence-electron chi connectivity index (χ4n) is 3.66. The molecule has 4 rings (SSSR count). The minimum Gasteiger partial charge on any atom is -0.352 e. The molecule has 2 atom stereocenters. The van der Waals surface area contributed by atoms with Crippen molar-refractivity contribution in [2.45, 2.75) is 46.2 Å². The Labute approximate surface area is 182 Å². The van der Waals surface area contributed by atoms with Crippen molar-refractivity contribution in [1.29, 1.82) is 0 Å². The molecule has 0 unspecified atom stereocenters. The molecule has 0 bridgehead atoms. The van der Waals surface area contributed by atoms with E-state index in [4.69, 9.17) is 0 Å². The van der Waals surface area contributed by atoms with Crippen molar-refractivity contribution < 1.29 is 4.79 Å². The molecule has 0 spiro atoms. The monoisotopic (exact) mass is 416 g/mol. The van der Waals surface area contributed by atoms with Crippen LogP contribution in [-0.4, -0.2) is 38.7 Å². The third-order valence-corrected chi connectivity index (χ3v) is 5.67. The predicted molar refractivity (Wildman–Crippen MR) is 122 cm³/mol. The number of hydrogen-bond acceptors (Lipinski definition) is 5. The van der Waals surface area contributed by atoms with Gasteiger partial charge in [-0.3, -0.25) is 9.69 Å². The number of hydrogen-bond donors (Lipinski definition) is 1. The lowest BCUT2D eigenvalue weighted by Crippen LogP contribution is -2.42. The Morgan fingerprint density at radius 2 is 1.71 bits per heavy atom. The van der Waals surface area contributed by atoms with Gasteiger partial charge >= 0.3 is 0 Å². The van der Waals surface area contributed by atoms with E-state index < -0.39 is 0 Å². The number of nitrogens with zero attached hydrogens (tertiary/aromatic N) is 5. The molecule has 1 aliphatic heterocycles. The number of benzene rings is 2. The van der Waals surface area contributed by atoms with Gasteiger partial charge in [0.05, 0.1) is 5.70 Å². The third-order valence-electron chi connectivity index (χ3n) is 5.67. The van der Waals surface area contributed by atoms with E-state index in [0.29, 0.717) is 5.95 Å². The largest absolute Gasteiger partial charge is 0.352 e. The number of amides is 1. The summed E-state index contributed by atoms with van der Waals surface area (Å²) in [4.78, 5) is 14.7. The van der Waals surface area contributed by atoms with Crippen LogP contribution in [0.5, 0.6) is 0 Å². The second kappa shape index (κ2) is 8.71. The maximum atomic E-state index is 12.8. The molecule has 160 valence electrons. The maximum absolute atomic E-state index is 12.8. The van der Waals surface area contributed by atoms with E-state index in [9.17, 15) is 4.79 Å². The van der Waals surface area contributed by atoms with Crippen LogP contribution in [-0.2, 0) is 4.79 Å². The molecule has 0 aliphatic carbocycles. The molecule has 1 N–H and O–H groups in total. The number of rotatable bonds is 6. The van der Waals surface area contributed by atoms with E-state index in [0.717, 1.165) is 23.2 Å². The van der Waals surface area contributed by atoms with E-state index in [1.165, 1.54) is 11.1 Å². The minimum atomic E-state index is -0.157. The molecule has 0 saturated heterocycles. The van der Waals surface area contributed by atoms with Crippen molar-refractivity contribution in [1.82, 2.24) is 25.5 Å². The highest BCUT2D eigenvalue weighted by Crippen LogP contribution is 2.36. The van der Waals surface area contributed by atoms with Crippen molar-refractivity contribution in [2.24, 2.45) is 0 Å². The molecule has 0 saturated carbocycles. The summed E-state index contributed by atoms with van der Waals surface area (Å²) in [6, 6.07) is 16.6. The van der Waals surface area contributed by atoms with E-state index in [1.54, 1.807) is 4.68 Å². The first-order chi connectivity index (χ1) is 15.0. The fraction of sp³-hybridized carbons (Fsp3) is 0.333. The molecule has 3 aromatic rings. The van der Waals surface area contributed by atoms with Crippen molar-refractivity contribution >= 4 is 17.6 Å². The molecule has 7 heteroatoms. The van der Waals surface area contributed by atoms with Crippen LogP contribution in [0.25, 0.3) is 5.70 Å². The van der Waals surface area contributed by atoms with Gasteiger partial charge in [-0.15, -0.1) is 0 Å². The van der Waals surface area contributed by atoms with Crippen LogP contribution in [0, 0.1) is 13.8 Å². The lowest BCUT2D eigenvalue weighted by Gasteiger charge is -2.32. The topological polar surface area (TPSA) is 75.9 Å². The maximum Gasteiger partial charge on any atom is 0.251 e. The fourth-order valence-corrected chi connectivity index (χ4v) is 3.66. The summed E-state index contributed by atoms with van der Waals surface area (Å²) in [6.07, 6.45) is 3.01. The van der Waals surface area contributed by atoms with Crippen molar-refractivity contribution in [2.75, 3.05) is 11.4 Å². The zero-order valence-electron chi connectivity index (χ0n) is 18.4. The summed E-state index contributed by atoms with van der Waals surface area (Å²) in [7, 11) is 0. The Morgan fingerprint density at radius 3 is 2.35 bits per heavy atom. The average molecular weight is 417 g/mol. The van der Waals surface area contributed by atoms with E-state index in [2.05, 4.69) is 96.2 Å². The SMILES string of the molecule is CC[C@@H](C)NC(=O)CN1C(c2ccc(C)cc2)=C[C@@H](c2ccc(C)cc2)n2nnnc21. The van der Waals surface area contributed by atoms with Gasteiger partial charge in [0.1, 0.15) is 12.6 Å². The van der Waals surface area contributed by atoms with Gasteiger partial charge in [-0.25, -0.2) is 0 Å². The number of aryl methyl sites for hydroxylation is 2. The van der Waals surface area contributed by atoms with Gasteiger partial charge in [-0.05, 0) is 54.8 Å². The number of nitrogens with one attached hydrogen (secondary N) is 1. The van der Waals surface area contributed by atoms with Crippen LogP contribution in [0.1, 0.15) is 48.6 Å². The van der Waals surface area contributed by atoms with Gasteiger partial charge in [0.2, 0.25) is 5.91 Å². The lowest BCUT2D eigenvalue weighted by molar-refractivity contribution is -0.120. The van der Waals surface area contributed by atoms with Crippen molar-refractivity contribution in [3.8, 4) is 0 Å². The molecule has 2 aromatic carbocycles. The number of tetrazole rings is 1.